The zero-order chi connectivity index (χ0) is 12.4. The maximum absolute atomic E-state index is 10.6. The molecular formula is C15H31NO. The molecule has 0 amide bonds. The molecule has 1 fully saturated rings. The third-order valence-corrected chi connectivity index (χ3v) is 3.99. The molecule has 1 saturated carbocycles. The molecule has 0 bridgehead atoms. The average molecular weight is 241 g/mol. The molecule has 1 aliphatic rings. The maximum Gasteiger partial charge on any atom is 0.0771 e. The van der Waals surface area contributed by atoms with Crippen molar-refractivity contribution >= 4 is 0 Å². The molecule has 0 spiro atoms. The summed E-state index contributed by atoms with van der Waals surface area (Å²) in [6, 6.07) is 0. The minimum absolute atomic E-state index is 0.435. The van der Waals surface area contributed by atoms with Gasteiger partial charge in [-0.2, -0.15) is 0 Å². The lowest BCUT2D eigenvalue weighted by molar-refractivity contribution is 0.0184. The first-order valence-corrected chi connectivity index (χ1v) is 7.70. The molecule has 0 atom stereocenters. The number of hydrogen-bond donors (Lipinski definition) is 2. The molecule has 1 rings (SSSR count). The summed E-state index contributed by atoms with van der Waals surface area (Å²) in [5, 5.41) is 13.9. The fourth-order valence-electron chi connectivity index (χ4n) is 2.81. The van der Waals surface area contributed by atoms with E-state index in [1.54, 1.807) is 0 Å². The van der Waals surface area contributed by atoms with Gasteiger partial charge in [0, 0.05) is 6.54 Å². The van der Waals surface area contributed by atoms with Crippen molar-refractivity contribution in [2.24, 2.45) is 0 Å². The van der Waals surface area contributed by atoms with Gasteiger partial charge in [0.25, 0.3) is 0 Å². The van der Waals surface area contributed by atoms with Crippen molar-refractivity contribution in [3.8, 4) is 0 Å². The first-order chi connectivity index (χ1) is 8.27. The summed E-state index contributed by atoms with van der Waals surface area (Å²) < 4.78 is 0. The molecule has 0 aromatic heterocycles. The fourth-order valence-corrected chi connectivity index (χ4v) is 2.81. The van der Waals surface area contributed by atoms with E-state index in [2.05, 4.69) is 12.2 Å². The molecule has 0 radical (unpaired) electrons. The van der Waals surface area contributed by atoms with Gasteiger partial charge in [0.1, 0.15) is 0 Å². The van der Waals surface area contributed by atoms with Crippen LogP contribution in [0.1, 0.15) is 77.6 Å². The predicted molar refractivity (Wildman–Crippen MR) is 74.3 cm³/mol. The Balaban J connectivity index is 2.35. The van der Waals surface area contributed by atoms with Gasteiger partial charge in [0.2, 0.25) is 0 Å². The molecule has 2 N–H and O–H groups in total. The van der Waals surface area contributed by atoms with Crippen LogP contribution in [0, 0.1) is 0 Å². The van der Waals surface area contributed by atoms with Crippen LogP contribution in [0.15, 0.2) is 0 Å². The van der Waals surface area contributed by atoms with E-state index in [0.29, 0.717) is 0 Å². The van der Waals surface area contributed by atoms with Gasteiger partial charge in [-0.1, -0.05) is 64.7 Å². The third kappa shape index (κ3) is 7.05. The summed E-state index contributed by atoms with van der Waals surface area (Å²) >= 11 is 0. The topological polar surface area (TPSA) is 32.3 Å². The van der Waals surface area contributed by atoms with E-state index in [0.717, 1.165) is 25.9 Å². The van der Waals surface area contributed by atoms with Crippen molar-refractivity contribution in [1.82, 2.24) is 5.32 Å². The molecule has 0 aliphatic heterocycles. The monoisotopic (exact) mass is 241 g/mol. The van der Waals surface area contributed by atoms with E-state index < -0.39 is 5.60 Å². The second kappa shape index (κ2) is 8.93. The van der Waals surface area contributed by atoms with E-state index in [-0.39, 0.29) is 0 Å². The Morgan fingerprint density at radius 1 is 0.824 bits per heavy atom. The summed E-state index contributed by atoms with van der Waals surface area (Å²) in [6.45, 7) is 3.85. The third-order valence-electron chi connectivity index (χ3n) is 3.99. The Morgan fingerprint density at radius 3 is 1.65 bits per heavy atom. The summed E-state index contributed by atoms with van der Waals surface area (Å²) in [4.78, 5) is 0. The van der Waals surface area contributed by atoms with Crippen molar-refractivity contribution in [3.63, 3.8) is 0 Å². The fraction of sp³-hybridized carbons (Fsp3) is 1.00. The summed E-state index contributed by atoms with van der Waals surface area (Å²) in [7, 11) is 0. The molecule has 102 valence electrons. The normalized spacial score (nSPS) is 23.6. The Bertz CT molecular complexity index is 170. The molecule has 0 aromatic carbocycles. The van der Waals surface area contributed by atoms with Crippen LogP contribution in [-0.2, 0) is 0 Å². The lowest BCUT2D eigenvalue weighted by atomic mass is 9.88. The van der Waals surface area contributed by atoms with Gasteiger partial charge in [0.15, 0.2) is 0 Å². The van der Waals surface area contributed by atoms with Crippen LogP contribution in [0.4, 0.5) is 0 Å². The Kier molecular flexibility index (Phi) is 7.87. The number of hydrogen-bond acceptors (Lipinski definition) is 2. The highest BCUT2D eigenvalue weighted by Crippen LogP contribution is 2.24. The van der Waals surface area contributed by atoms with Crippen LogP contribution in [-0.4, -0.2) is 23.8 Å². The Morgan fingerprint density at radius 2 is 1.24 bits per heavy atom. The van der Waals surface area contributed by atoms with E-state index in [1.165, 1.54) is 57.8 Å². The first kappa shape index (κ1) is 15.0. The number of rotatable bonds is 3. The summed E-state index contributed by atoms with van der Waals surface area (Å²) in [5.74, 6) is 0. The van der Waals surface area contributed by atoms with Crippen LogP contribution in [0.3, 0.4) is 0 Å². The quantitative estimate of drug-likeness (QED) is 0.791. The molecule has 0 saturated heterocycles. The van der Waals surface area contributed by atoms with Gasteiger partial charge in [-0.25, -0.2) is 0 Å². The number of nitrogens with one attached hydrogen (secondary N) is 1. The average Bonchev–Trinajstić information content (AvgIpc) is 2.32. The predicted octanol–water partition coefficient (Wildman–Crippen LogP) is 3.63. The second-order valence-electron chi connectivity index (χ2n) is 5.69. The molecule has 0 heterocycles. The standard InChI is InChI=1S/C15H31NO/c1-2-16-14-15(17)12-10-8-6-4-3-5-7-9-11-13-15/h16-17H,2-14H2,1H3. The summed E-state index contributed by atoms with van der Waals surface area (Å²) in [6.07, 6.45) is 13.9. The van der Waals surface area contributed by atoms with E-state index in [4.69, 9.17) is 0 Å². The smallest absolute Gasteiger partial charge is 0.0771 e. The second-order valence-corrected chi connectivity index (χ2v) is 5.69. The van der Waals surface area contributed by atoms with E-state index >= 15 is 0 Å². The van der Waals surface area contributed by atoms with Crippen LogP contribution in [0.5, 0.6) is 0 Å². The van der Waals surface area contributed by atoms with Crippen molar-refractivity contribution < 1.29 is 5.11 Å². The molecule has 0 aromatic rings. The van der Waals surface area contributed by atoms with Gasteiger partial charge in [-0.3, -0.25) is 0 Å². The highest BCUT2D eigenvalue weighted by Gasteiger charge is 2.25. The largest absolute Gasteiger partial charge is 0.389 e. The van der Waals surface area contributed by atoms with Crippen molar-refractivity contribution in [2.45, 2.75) is 83.2 Å². The number of aliphatic hydroxyl groups is 1. The van der Waals surface area contributed by atoms with E-state index in [1.807, 2.05) is 0 Å². The summed E-state index contributed by atoms with van der Waals surface area (Å²) in [5.41, 5.74) is -0.435. The van der Waals surface area contributed by atoms with Crippen molar-refractivity contribution in [3.05, 3.63) is 0 Å². The van der Waals surface area contributed by atoms with E-state index in [9.17, 15) is 5.11 Å². The molecular weight excluding hydrogens is 210 g/mol. The van der Waals surface area contributed by atoms with Crippen LogP contribution >= 0.6 is 0 Å². The highest BCUT2D eigenvalue weighted by atomic mass is 16.3. The van der Waals surface area contributed by atoms with Gasteiger partial charge in [-0.15, -0.1) is 0 Å². The van der Waals surface area contributed by atoms with Crippen LogP contribution in [0.2, 0.25) is 0 Å². The molecule has 2 nitrogen and oxygen atoms in total. The Hall–Kier alpha value is -0.0800. The van der Waals surface area contributed by atoms with Gasteiger partial charge in [0.05, 0.1) is 5.60 Å². The highest BCUT2D eigenvalue weighted by molar-refractivity contribution is 4.81. The number of likely N-dealkylation sites (N-methyl/N-ethyl adjacent to an activating group) is 1. The van der Waals surface area contributed by atoms with Crippen LogP contribution < -0.4 is 5.32 Å². The SMILES string of the molecule is CCNCC1(O)CCCCCCCCCCC1. The zero-order valence-corrected chi connectivity index (χ0v) is 11.6. The molecule has 17 heavy (non-hydrogen) atoms. The Labute approximate surface area is 107 Å². The van der Waals surface area contributed by atoms with Crippen molar-refractivity contribution in [1.29, 1.82) is 0 Å². The minimum atomic E-state index is -0.435. The lowest BCUT2D eigenvalue weighted by Gasteiger charge is -2.29. The maximum atomic E-state index is 10.6. The van der Waals surface area contributed by atoms with Gasteiger partial charge < -0.3 is 10.4 Å². The van der Waals surface area contributed by atoms with Gasteiger partial charge in [-0.05, 0) is 19.4 Å². The molecule has 2 heteroatoms. The van der Waals surface area contributed by atoms with Crippen LogP contribution in [0.25, 0.3) is 0 Å². The van der Waals surface area contributed by atoms with Gasteiger partial charge >= 0.3 is 0 Å². The molecule has 1 aliphatic carbocycles. The molecule has 0 unspecified atom stereocenters. The lowest BCUT2D eigenvalue weighted by Crippen LogP contribution is -2.40. The zero-order valence-electron chi connectivity index (χ0n) is 11.6. The minimum Gasteiger partial charge on any atom is -0.389 e. The first-order valence-electron chi connectivity index (χ1n) is 7.70. The van der Waals surface area contributed by atoms with Crippen molar-refractivity contribution in [2.75, 3.05) is 13.1 Å².